The van der Waals surface area contributed by atoms with Crippen molar-refractivity contribution in [2.75, 3.05) is 0 Å². The summed E-state index contributed by atoms with van der Waals surface area (Å²) in [5.74, 6) is 5.71. The standard InChI is InChI=1S/C16H22N4/c1-4-13-5-6-15(18-10-13)9-16(20-17)14-7-11(2)19-12(3)8-14/h5-8,10,16,20H,4,9,17H2,1-3H3. The molecule has 0 fully saturated rings. The van der Waals surface area contributed by atoms with Gasteiger partial charge in [0.05, 0.1) is 6.04 Å². The number of hydrazine groups is 1. The summed E-state index contributed by atoms with van der Waals surface area (Å²) >= 11 is 0. The van der Waals surface area contributed by atoms with Gasteiger partial charge in [-0.05, 0) is 49.6 Å². The third kappa shape index (κ3) is 3.62. The molecule has 1 unspecified atom stereocenters. The highest BCUT2D eigenvalue weighted by Crippen LogP contribution is 2.18. The smallest absolute Gasteiger partial charge is 0.0516 e. The summed E-state index contributed by atoms with van der Waals surface area (Å²) in [5, 5.41) is 0. The summed E-state index contributed by atoms with van der Waals surface area (Å²) in [7, 11) is 0. The first-order chi connectivity index (χ1) is 9.62. The predicted octanol–water partition coefficient (Wildman–Crippen LogP) is 2.40. The lowest BCUT2D eigenvalue weighted by molar-refractivity contribution is 0.544. The third-order valence-electron chi connectivity index (χ3n) is 3.41. The van der Waals surface area contributed by atoms with Crippen LogP contribution in [0.25, 0.3) is 0 Å². The molecular formula is C16H22N4. The van der Waals surface area contributed by atoms with Gasteiger partial charge < -0.3 is 0 Å². The van der Waals surface area contributed by atoms with Crippen LogP contribution in [-0.2, 0) is 12.8 Å². The largest absolute Gasteiger partial charge is 0.271 e. The van der Waals surface area contributed by atoms with Crippen LogP contribution < -0.4 is 11.3 Å². The molecule has 0 saturated carbocycles. The Bertz CT molecular complexity index is 543. The third-order valence-corrected chi connectivity index (χ3v) is 3.41. The molecule has 1 atom stereocenters. The maximum atomic E-state index is 5.71. The van der Waals surface area contributed by atoms with Gasteiger partial charge in [0.2, 0.25) is 0 Å². The fourth-order valence-corrected chi connectivity index (χ4v) is 2.34. The van der Waals surface area contributed by atoms with Crippen molar-refractivity contribution >= 4 is 0 Å². The van der Waals surface area contributed by atoms with Crippen molar-refractivity contribution in [2.45, 2.75) is 39.7 Å². The van der Waals surface area contributed by atoms with Gasteiger partial charge in [-0.1, -0.05) is 13.0 Å². The fraction of sp³-hybridized carbons (Fsp3) is 0.375. The number of nitrogens with two attached hydrogens (primary N) is 1. The molecule has 0 bridgehead atoms. The molecule has 4 nitrogen and oxygen atoms in total. The van der Waals surface area contributed by atoms with Crippen LogP contribution in [0.5, 0.6) is 0 Å². The Kier molecular flexibility index (Phi) is 4.82. The minimum absolute atomic E-state index is 0.0513. The number of pyridine rings is 2. The highest BCUT2D eigenvalue weighted by Gasteiger charge is 2.12. The van der Waals surface area contributed by atoms with Crippen LogP contribution in [0.4, 0.5) is 0 Å². The molecule has 4 heteroatoms. The van der Waals surface area contributed by atoms with Crippen LogP contribution in [0.1, 0.15) is 41.2 Å². The number of nitrogens with zero attached hydrogens (tertiary/aromatic N) is 2. The van der Waals surface area contributed by atoms with Gasteiger partial charge in [-0.2, -0.15) is 0 Å². The number of nitrogens with one attached hydrogen (secondary N) is 1. The minimum atomic E-state index is 0.0513. The fourth-order valence-electron chi connectivity index (χ4n) is 2.34. The molecule has 0 radical (unpaired) electrons. The van der Waals surface area contributed by atoms with Crippen molar-refractivity contribution < 1.29 is 0 Å². The quantitative estimate of drug-likeness (QED) is 0.647. The van der Waals surface area contributed by atoms with E-state index in [4.69, 9.17) is 5.84 Å². The van der Waals surface area contributed by atoms with Crippen LogP contribution in [0.15, 0.2) is 30.5 Å². The molecule has 20 heavy (non-hydrogen) atoms. The summed E-state index contributed by atoms with van der Waals surface area (Å²) in [6.07, 6.45) is 3.71. The highest BCUT2D eigenvalue weighted by molar-refractivity contribution is 5.25. The van der Waals surface area contributed by atoms with Crippen LogP contribution in [-0.4, -0.2) is 9.97 Å². The highest BCUT2D eigenvalue weighted by atomic mass is 15.2. The maximum Gasteiger partial charge on any atom is 0.0516 e. The number of hydrogen-bond donors (Lipinski definition) is 2. The lowest BCUT2D eigenvalue weighted by Crippen LogP contribution is -2.30. The Morgan fingerprint density at radius 3 is 2.40 bits per heavy atom. The number of rotatable bonds is 5. The zero-order chi connectivity index (χ0) is 14.5. The summed E-state index contributed by atoms with van der Waals surface area (Å²) in [5.41, 5.74) is 8.34. The van der Waals surface area contributed by atoms with E-state index >= 15 is 0 Å². The first kappa shape index (κ1) is 14.6. The van der Waals surface area contributed by atoms with Crippen LogP contribution in [0.3, 0.4) is 0 Å². The molecule has 0 aliphatic rings. The van der Waals surface area contributed by atoms with Gasteiger partial charge in [-0.3, -0.25) is 21.2 Å². The summed E-state index contributed by atoms with van der Waals surface area (Å²) in [6, 6.07) is 8.38. The zero-order valence-corrected chi connectivity index (χ0v) is 12.4. The van der Waals surface area contributed by atoms with E-state index in [1.54, 1.807) is 0 Å². The molecule has 0 spiro atoms. The molecule has 0 aliphatic heterocycles. The molecule has 0 saturated heterocycles. The van der Waals surface area contributed by atoms with Crippen molar-refractivity contribution in [3.63, 3.8) is 0 Å². The number of aryl methyl sites for hydroxylation is 3. The van der Waals surface area contributed by atoms with Gasteiger partial charge in [0.25, 0.3) is 0 Å². The van der Waals surface area contributed by atoms with Gasteiger partial charge in [-0.15, -0.1) is 0 Å². The first-order valence-corrected chi connectivity index (χ1v) is 6.97. The number of aromatic nitrogens is 2. The van der Waals surface area contributed by atoms with E-state index in [1.807, 2.05) is 20.0 Å². The normalized spacial score (nSPS) is 12.4. The van der Waals surface area contributed by atoms with Crippen LogP contribution >= 0.6 is 0 Å². The molecule has 0 aliphatic carbocycles. The van der Waals surface area contributed by atoms with E-state index in [2.05, 4.69) is 46.6 Å². The van der Waals surface area contributed by atoms with E-state index in [9.17, 15) is 0 Å². The Hall–Kier alpha value is -1.78. The van der Waals surface area contributed by atoms with Crippen molar-refractivity contribution in [3.8, 4) is 0 Å². The SMILES string of the molecule is CCc1ccc(CC(NN)c2cc(C)nc(C)c2)nc1. The Morgan fingerprint density at radius 1 is 1.20 bits per heavy atom. The Morgan fingerprint density at radius 2 is 1.90 bits per heavy atom. The second-order valence-electron chi connectivity index (χ2n) is 5.12. The molecule has 3 N–H and O–H groups in total. The molecule has 2 aromatic rings. The predicted molar refractivity (Wildman–Crippen MR) is 81.1 cm³/mol. The zero-order valence-electron chi connectivity index (χ0n) is 12.4. The summed E-state index contributed by atoms with van der Waals surface area (Å²) < 4.78 is 0. The Labute approximate surface area is 120 Å². The molecule has 2 heterocycles. The van der Waals surface area contributed by atoms with Crippen LogP contribution in [0.2, 0.25) is 0 Å². The van der Waals surface area contributed by atoms with Crippen molar-refractivity contribution in [1.82, 2.24) is 15.4 Å². The second-order valence-corrected chi connectivity index (χ2v) is 5.12. The molecule has 0 amide bonds. The first-order valence-electron chi connectivity index (χ1n) is 6.97. The number of hydrogen-bond acceptors (Lipinski definition) is 4. The molecule has 106 valence electrons. The van der Waals surface area contributed by atoms with E-state index in [0.29, 0.717) is 0 Å². The topological polar surface area (TPSA) is 63.8 Å². The van der Waals surface area contributed by atoms with Gasteiger partial charge in [0, 0.05) is 29.7 Å². The Balaban J connectivity index is 2.19. The van der Waals surface area contributed by atoms with Gasteiger partial charge in [-0.25, -0.2) is 0 Å². The van der Waals surface area contributed by atoms with Gasteiger partial charge >= 0.3 is 0 Å². The molecular weight excluding hydrogens is 248 g/mol. The van der Waals surface area contributed by atoms with E-state index in [0.717, 1.165) is 35.5 Å². The van der Waals surface area contributed by atoms with Gasteiger partial charge in [0.15, 0.2) is 0 Å². The average Bonchev–Trinajstić information content (AvgIpc) is 2.44. The minimum Gasteiger partial charge on any atom is -0.271 e. The van der Waals surface area contributed by atoms with Crippen molar-refractivity contribution in [1.29, 1.82) is 0 Å². The maximum absolute atomic E-state index is 5.71. The summed E-state index contributed by atoms with van der Waals surface area (Å²) in [4.78, 5) is 8.89. The van der Waals surface area contributed by atoms with Gasteiger partial charge in [0.1, 0.15) is 0 Å². The van der Waals surface area contributed by atoms with E-state index < -0.39 is 0 Å². The summed E-state index contributed by atoms with van der Waals surface area (Å²) in [6.45, 7) is 6.13. The monoisotopic (exact) mass is 270 g/mol. The lowest BCUT2D eigenvalue weighted by atomic mass is 10.0. The van der Waals surface area contributed by atoms with Crippen molar-refractivity contribution in [2.24, 2.45) is 5.84 Å². The molecule has 0 aromatic carbocycles. The van der Waals surface area contributed by atoms with Crippen LogP contribution in [0, 0.1) is 13.8 Å². The van der Waals surface area contributed by atoms with E-state index in [1.165, 1.54) is 5.56 Å². The molecule has 2 rings (SSSR count). The molecule has 2 aromatic heterocycles. The van der Waals surface area contributed by atoms with E-state index in [-0.39, 0.29) is 6.04 Å². The van der Waals surface area contributed by atoms with Crippen molar-refractivity contribution in [3.05, 3.63) is 58.7 Å². The second kappa shape index (κ2) is 6.59. The average molecular weight is 270 g/mol. The lowest BCUT2D eigenvalue weighted by Gasteiger charge is -2.17.